The van der Waals surface area contributed by atoms with Crippen LogP contribution < -0.4 is 10.2 Å². The zero-order chi connectivity index (χ0) is 17.2. The zero-order valence-electron chi connectivity index (χ0n) is 14.7. The lowest BCUT2D eigenvalue weighted by atomic mass is 10.3. The van der Waals surface area contributed by atoms with E-state index in [2.05, 4.69) is 44.9 Å². The summed E-state index contributed by atoms with van der Waals surface area (Å²) in [6, 6.07) is 0. The molecule has 1 saturated heterocycles. The number of nitrogens with zero attached hydrogens (tertiary/aromatic N) is 5. The molecule has 1 N–H and O–H groups in total. The number of aliphatic imine (C=N–C) groups is 1. The maximum Gasteiger partial charge on any atom is 0.205 e. The van der Waals surface area contributed by atoms with Crippen molar-refractivity contribution < 1.29 is 0 Å². The first-order chi connectivity index (χ1) is 11.8. The number of rotatable bonds is 8. The Bertz CT molecular complexity index is 522. The van der Waals surface area contributed by atoms with E-state index < -0.39 is 0 Å². The number of aromatic nitrogens is 2. The van der Waals surface area contributed by atoms with Crippen LogP contribution in [0.15, 0.2) is 17.6 Å². The van der Waals surface area contributed by atoms with E-state index in [4.69, 9.17) is 4.99 Å². The van der Waals surface area contributed by atoms with Crippen LogP contribution in [-0.4, -0.2) is 71.0 Å². The minimum atomic E-state index is 0.845. The Labute approximate surface area is 153 Å². The Balaban J connectivity index is 1.84. The van der Waals surface area contributed by atoms with Gasteiger partial charge in [-0.05, 0) is 6.92 Å². The zero-order valence-corrected chi connectivity index (χ0v) is 16.3. The van der Waals surface area contributed by atoms with Crippen molar-refractivity contribution >= 4 is 34.4 Å². The summed E-state index contributed by atoms with van der Waals surface area (Å²) in [6.45, 7) is 13.6. The molecule has 0 aliphatic carbocycles. The maximum atomic E-state index is 4.76. The number of guanidine groups is 1. The Morgan fingerprint density at radius 1 is 1.38 bits per heavy atom. The lowest BCUT2D eigenvalue weighted by Gasteiger charge is -2.36. The van der Waals surface area contributed by atoms with Crippen molar-refractivity contribution in [2.24, 2.45) is 4.99 Å². The van der Waals surface area contributed by atoms with Crippen LogP contribution in [0.3, 0.4) is 0 Å². The van der Waals surface area contributed by atoms with Gasteiger partial charge in [0, 0.05) is 62.2 Å². The molecule has 6 nitrogen and oxygen atoms in total. The molecule has 0 amide bonds. The van der Waals surface area contributed by atoms with E-state index in [9.17, 15) is 0 Å². The standard InChI is InChI=1S/C16H28N6S2/c1-4-12-23-13-7-18-15(17-6-3)21-8-10-22(11-9-21)16-19-14(5-2)20-24-16/h4H,1,5-13H2,2-3H3,(H,17,18). The summed E-state index contributed by atoms with van der Waals surface area (Å²) < 4.78 is 4.39. The molecule has 24 heavy (non-hydrogen) atoms. The molecule has 1 aromatic heterocycles. The van der Waals surface area contributed by atoms with Crippen LogP contribution in [0.2, 0.25) is 0 Å². The number of hydrogen-bond acceptors (Lipinski definition) is 6. The molecule has 1 aromatic rings. The van der Waals surface area contributed by atoms with Gasteiger partial charge in [0.2, 0.25) is 5.13 Å². The van der Waals surface area contributed by atoms with E-state index in [0.717, 1.165) is 74.1 Å². The lowest BCUT2D eigenvalue weighted by Crippen LogP contribution is -2.52. The summed E-state index contributed by atoms with van der Waals surface area (Å²) in [6.07, 6.45) is 2.84. The van der Waals surface area contributed by atoms with Crippen LogP contribution >= 0.6 is 23.3 Å². The van der Waals surface area contributed by atoms with Crippen molar-refractivity contribution in [2.75, 3.05) is 55.7 Å². The van der Waals surface area contributed by atoms with Gasteiger partial charge in [0.15, 0.2) is 5.96 Å². The molecule has 0 atom stereocenters. The van der Waals surface area contributed by atoms with Gasteiger partial charge in [0.1, 0.15) is 5.82 Å². The summed E-state index contributed by atoms with van der Waals surface area (Å²) >= 11 is 3.38. The average Bonchev–Trinajstić information content (AvgIpc) is 3.10. The van der Waals surface area contributed by atoms with E-state index in [1.807, 2.05) is 17.8 Å². The highest BCUT2D eigenvalue weighted by Gasteiger charge is 2.21. The van der Waals surface area contributed by atoms with E-state index in [1.165, 1.54) is 11.5 Å². The van der Waals surface area contributed by atoms with Crippen molar-refractivity contribution in [1.82, 2.24) is 19.6 Å². The van der Waals surface area contributed by atoms with Crippen LogP contribution in [0, 0.1) is 0 Å². The molecular formula is C16H28N6S2. The van der Waals surface area contributed by atoms with Crippen LogP contribution in [0.1, 0.15) is 19.7 Å². The SMILES string of the molecule is C=CCSCCN=C(NCC)N1CCN(c2nc(CC)ns2)CC1. The van der Waals surface area contributed by atoms with Crippen molar-refractivity contribution in [3.05, 3.63) is 18.5 Å². The summed E-state index contributed by atoms with van der Waals surface area (Å²) in [7, 11) is 0. The van der Waals surface area contributed by atoms with Gasteiger partial charge in [0.05, 0.1) is 6.54 Å². The summed E-state index contributed by atoms with van der Waals surface area (Å²) in [5.74, 6) is 4.00. The molecule has 0 unspecified atom stereocenters. The number of piperazine rings is 1. The van der Waals surface area contributed by atoms with Gasteiger partial charge >= 0.3 is 0 Å². The molecular weight excluding hydrogens is 340 g/mol. The van der Waals surface area contributed by atoms with Gasteiger partial charge in [-0.1, -0.05) is 13.0 Å². The Hall–Kier alpha value is -1.28. The largest absolute Gasteiger partial charge is 0.357 e. The molecule has 0 bridgehead atoms. The number of hydrogen-bond donors (Lipinski definition) is 1. The quantitative estimate of drug-likeness (QED) is 0.328. The molecule has 8 heteroatoms. The van der Waals surface area contributed by atoms with E-state index in [1.54, 1.807) is 0 Å². The highest BCUT2D eigenvalue weighted by Crippen LogP contribution is 2.19. The van der Waals surface area contributed by atoms with Gasteiger partial charge in [-0.15, -0.1) is 6.58 Å². The normalized spacial score (nSPS) is 15.7. The summed E-state index contributed by atoms with van der Waals surface area (Å²) in [5.41, 5.74) is 0. The van der Waals surface area contributed by atoms with Crippen molar-refractivity contribution in [3.8, 4) is 0 Å². The second-order valence-electron chi connectivity index (χ2n) is 5.42. The van der Waals surface area contributed by atoms with E-state index in [0.29, 0.717) is 0 Å². The van der Waals surface area contributed by atoms with Crippen molar-refractivity contribution in [3.63, 3.8) is 0 Å². The molecule has 2 rings (SSSR count). The van der Waals surface area contributed by atoms with E-state index in [-0.39, 0.29) is 0 Å². The molecule has 0 aromatic carbocycles. The van der Waals surface area contributed by atoms with E-state index >= 15 is 0 Å². The molecule has 134 valence electrons. The van der Waals surface area contributed by atoms with Gasteiger partial charge < -0.3 is 15.1 Å². The fourth-order valence-electron chi connectivity index (χ4n) is 2.43. The van der Waals surface area contributed by atoms with Crippen LogP contribution in [0.25, 0.3) is 0 Å². The first kappa shape index (κ1) is 19.1. The Morgan fingerprint density at radius 2 is 2.17 bits per heavy atom. The third-order valence-electron chi connectivity index (χ3n) is 3.69. The Morgan fingerprint density at radius 3 is 2.79 bits per heavy atom. The fourth-order valence-corrected chi connectivity index (χ4v) is 3.79. The molecule has 0 radical (unpaired) electrons. The fraction of sp³-hybridized carbons (Fsp3) is 0.688. The molecule has 1 aliphatic heterocycles. The topological polar surface area (TPSA) is 56.7 Å². The van der Waals surface area contributed by atoms with Gasteiger partial charge in [-0.3, -0.25) is 4.99 Å². The smallest absolute Gasteiger partial charge is 0.205 e. The second kappa shape index (κ2) is 10.6. The van der Waals surface area contributed by atoms with Crippen LogP contribution in [-0.2, 0) is 6.42 Å². The molecule has 1 fully saturated rings. The molecule has 2 heterocycles. The lowest BCUT2D eigenvalue weighted by molar-refractivity contribution is 0.372. The summed E-state index contributed by atoms with van der Waals surface area (Å²) in [5, 5.41) is 4.46. The number of aryl methyl sites for hydroxylation is 1. The predicted octanol–water partition coefficient (Wildman–Crippen LogP) is 2.11. The third-order valence-corrected chi connectivity index (χ3v) is 5.45. The molecule has 0 spiro atoms. The first-order valence-corrected chi connectivity index (χ1v) is 10.5. The molecule has 0 saturated carbocycles. The van der Waals surface area contributed by atoms with Gasteiger partial charge in [-0.25, -0.2) is 4.98 Å². The number of anilines is 1. The highest BCUT2D eigenvalue weighted by molar-refractivity contribution is 7.99. The number of nitrogens with one attached hydrogen (secondary N) is 1. The van der Waals surface area contributed by atoms with Crippen LogP contribution in [0.4, 0.5) is 5.13 Å². The average molecular weight is 369 g/mol. The minimum Gasteiger partial charge on any atom is -0.357 e. The predicted molar refractivity (Wildman–Crippen MR) is 107 cm³/mol. The van der Waals surface area contributed by atoms with Gasteiger partial charge in [-0.2, -0.15) is 16.1 Å². The minimum absolute atomic E-state index is 0.845. The maximum absolute atomic E-state index is 4.76. The monoisotopic (exact) mass is 368 g/mol. The van der Waals surface area contributed by atoms with Crippen molar-refractivity contribution in [1.29, 1.82) is 0 Å². The number of thioether (sulfide) groups is 1. The second-order valence-corrected chi connectivity index (χ2v) is 7.30. The third kappa shape index (κ3) is 5.66. The Kier molecular flexibility index (Phi) is 8.38. The first-order valence-electron chi connectivity index (χ1n) is 8.57. The highest BCUT2D eigenvalue weighted by atomic mass is 32.2. The summed E-state index contributed by atoms with van der Waals surface area (Å²) in [4.78, 5) is 14.0. The van der Waals surface area contributed by atoms with Crippen LogP contribution in [0.5, 0.6) is 0 Å². The van der Waals surface area contributed by atoms with Gasteiger partial charge in [0.25, 0.3) is 0 Å². The van der Waals surface area contributed by atoms with Crippen molar-refractivity contribution in [2.45, 2.75) is 20.3 Å². The molecule has 1 aliphatic rings.